The van der Waals surface area contributed by atoms with Crippen molar-refractivity contribution >= 4 is 0 Å². The molecule has 130 valence electrons. The van der Waals surface area contributed by atoms with Crippen molar-refractivity contribution in [3.05, 3.63) is 60.8 Å². The third kappa shape index (κ3) is 16.8. The second-order valence-electron chi connectivity index (χ2n) is 5.30. The van der Waals surface area contributed by atoms with Crippen molar-refractivity contribution in [3.8, 4) is 0 Å². The molecule has 0 radical (unpaired) electrons. The number of allylic oxidation sites excluding steroid dienone is 9. The fourth-order valence-electron chi connectivity index (χ4n) is 1.84. The van der Waals surface area contributed by atoms with Gasteiger partial charge in [0, 0.05) is 0 Å². The Balaban J connectivity index is 3.65. The third-order valence-electron chi connectivity index (χ3n) is 3.28. The van der Waals surface area contributed by atoms with Gasteiger partial charge in [0.2, 0.25) is 0 Å². The average Bonchev–Trinajstić information content (AvgIpc) is 2.57. The Hall–Kier alpha value is -1.42. The number of unbranched alkanes of at least 4 members (excludes halogenated alkanes) is 2. The number of hydroxylamine groups is 1. The Morgan fingerprint density at radius 3 is 2.04 bits per heavy atom. The maximum Gasteiger partial charge on any atom is 0.0532 e. The first kappa shape index (κ1) is 21.6. The molecule has 0 bridgehead atoms. The highest BCUT2D eigenvalue weighted by atomic mass is 17.2. The molecular formula is C20H33NO2. The van der Waals surface area contributed by atoms with E-state index in [9.17, 15) is 0 Å². The molecule has 0 aromatic rings. The smallest absolute Gasteiger partial charge is 0.0532 e. The van der Waals surface area contributed by atoms with Gasteiger partial charge in [-0.05, 0) is 32.1 Å². The first-order chi connectivity index (χ1) is 11.3. The predicted octanol–water partition coefficient (Wildman–Crippen LogP) is 5.90. The first-order valence-electron chi connectivity index (χ1n) is 8.69. The minimum atomic E-state index is 0.0290. The third-order valence-corrected chi connectivity index (χ3v) is 3.28. The number of hydrogen-bond donors (Lipinski definition) is 2. The van der Waals surface area contributed by atoms with Crippen LogP contribution in [0.3, 0.4) is 0 Å². The lowest BCUT2D eigenvalue weighted by atomic mass is 10.2. The maximum absolute atomic E-state index is 8.31. The van der Waals surface area contributed by atoms with Crippen molar-refractivity contribution in [1.82, 2.24) is 5.48 Å². The molecule has 23 heavy (non-hydrogen) atoms. The SMILES string of the molecule is CCCC/C=C\C/C=C\C/C=C\C/C=C\C=C\[C@@H](CC)NOO. The fourth-order valence-corrected chi connectivity index (χ4v) is 1.84. The Bertz CT molecular complexity index is 381. The summed E-state index contributed by atoms with van der Waals surface area (Å²) in [5.74, 6) is 0. The van der Waals surface area contributed by atoms with E-state index >= 15 is 0 Å². The van der Waals surface area contributed by atoms with Crippen LogP contribution in [0.25, 0.3) is 0 Å². The van der Waals surface area contributed by atoms with E-state index in [4.69, 9.17) is 5.26 Å². The topological polar surface area (TPSA) is 41.5 Å². The van der Waals surface area contributed by atoms with Gasteiger partial charge >= 0.3 is 0 Å². The lowest BCUT2D eigenvalue weighted by Gasteiger charge is -2.06. The molecule has 3 nitrogen and oxygen atoms in total. The van der Waals surface area contributed by atoms with Crippen molar-refractivity contribution in [1.29, 1.82) is 0 Å². The molecule has 0 saturated carbocycles. The van der Waals surface area contributed by atoms with Crippen molar-refractivity contribution < 1.29 is 10.2 Å². The van der Waals surface area contributed by atoms with Crippen LogP contribution in [0.15, 0.2) is 60.8 Å². The molecule has 0 aliphatic carbocycles. The Kier molecular flexibility index (Phi) is 17.5. The summed E-state index contributed by atoms with van der Waals surface area (Å²) in [6, 6.07) is 0.0290. The van der Waals surface area contributed by atoms with E-state index in [1.807, 2.05) is 25.2 Å². The monoisotopic (exact) mass is 319 g/mol. The van der Waals surface area contributed by atoms with Crippen LogP contribution < -0.4 is 5.48 Å². The molecule has 0 saturated heterocycles. The molecule has 0 spiro atoms. The second kappa shape index (κ2) is 18.6. The van der Waals surface area contributed by atoms with Gasteiger partial charge in [-0.3, -0.25) is 0 Å². The normalized spacial score (nSPS) is 14.4. The molecule has 0 amide bonds. The van der Waals surface area contributed by atoms with E-state index in [2.05, 4.69) is 59.9 Å². The highest BCUT2D eigenvalue weighted by Gasteiger charge is 1.97. The van der Waals surface area contributed by atoms with Crippen molar-refractivity contribution in [2.45, 2.75) is 64.8 Å². The van der Waals surface area contributed by atoms with E-state index in [1.165, 1.54) is 19.3 Å². The molecule has 0 fully saturated rings. The molecule has 0 aromatic carbocycles. The Labute approximate surface area is 142 Å². The van der Waals surface area contributed by atoms with E-state index in [0.29, 0.717) is 0 Å². The van der Waals surface area contributed by atoms with Gasteiger partial charge in [-0.2, -0.15) is 5.48 Å². The second-order valence-corrected chi connectivity index (χ2v) is 5.30. The highest BCUT2D eigenvalue weighted by Crippen LogP contribution is 1.98. The summed E-state index contributed by atoms with van der Waals surface area (Å²) in [7, 11) is 0. The maximum atomic E-state index is 8.31. The molecule has 0 aliphatic rings. The summed E-state index contributed by atoms with van der Waals surface area (Å²) >= 11 is 0. The van der Waals surface area contributed by atoms with E-state index < -0.39 is 0 Å². The number of nitrogens with one attached hydrogen (secondary N) is 1. The Morgan fingerprint density at radius 1 is 0.870 bits per heavy atom. The van der Waals surface area contributed by atoms with Gasteiger partial charge in [0.15, 0.2) is 0 Å². The van der Waals surface area contributed by atoms with Crippen LogP contribution in [0.1, 0.15) is 58.8 Å². The molecular weight excluding hydrogens is 286 g/mol. The van der Waals surface area contributed by atoms with Crippen LogP contribution in [0.5, 0.6) is 0 Å². The van der Waals surface area contributed by atoms with Crippen LogP contribution in [-0.4, -0.2) is 11.3 Å². The Morgan fingerprint density at radius 2 is 1.48 bits per heavy atom. The zero-order valence-electron chi connectivity index (χ0n) is 14.7. The summed E-state index contributed by atoms with van der Waals surface area (Å²) in [5, 5.41) is 8.31. The lowest BCUT2D eigenvalue weighted by molar-refractivity contribution is -0.296. The zero-order valence-corrected chi connectivity index (χ0v) is 14.7. The highest BCUT2D eigenvalue weighted by molar-refractivity contribution is 5.08. The fraction of sp³-hybridized carbons (Fsp3) is 0.500. The lowest BCUT2D eigenvalue weighted by Crippen LogP contribution is -2.25. The number of rotatable bonds is 14. The van der Waals surface area contributed by atoms with Crippen LogP contribution in [0.4, 0.5) is 0 Å². The summed E-state index contributed by atoms with van der Waals surface area (Å²) in [6.45, 7) is 4.24. The molecule has 0 rings (SSSR count). The van der Waals surface area contributed by atoms with Crippen molar-refractivity contribution in [2.75, 3.05) is 0 Å². The van der Waals surface area contributed by atoms with Crippen LogP contribution in [0.2, 0.25) is 0 Å². The van der Waals surface area contributed by atoms with E-state index in [-0.39, 0.29) is 6.04 Å². The quantitative estimate of drug-likeness (QED) is 0.138. The van der Waals surface area contributed by atoms with Crippen LogP contribution in [0, 0.1) is 0 Å². The van der Waals surface area contributed by atoms with Gasteiger partial charge < -0.3 is 0 Å². The summed E-state index contributed by atoms with van der Waals surface area (Å²) in [4.78, 5) is 3.92. The molecule has 0 aliphatic heterocycles. The molecule has 2 N–H and O–H groups in total. The van der Waals surface area contributed by atoms with Gasteiger partial charge in [-0.25, -0.2) is 5.26 Å². The van der Waals surface area contributed by atoms with Gasteiger partial charge in [0.1, 0.15) is 0 Å². The standard InChI is InChI=1S/C20H33NO2/c1-3-5-6-7-8-9-10-11-12-13-14-15-16-17-18-19-20(4-2)21-23-22/h7-8,10-11,13-14,16-22H,3-6,9,12,15H2,1-2H3/b8-7-,11-10-,14-13-,17-16-,19-18+/t20-/m1/s1. The molecule has 3 heteroatoms. The molecule has 0 aromatic heterocycles. The van der Waals surface area contributed by atoms with Gasteiger partial charge in [-0.1, -0.05) is 87.4 Å². The zero-order chi connectivity index (χ0) is 17.0. The summed E-state index contributed by atoms with van der Waals surface area (Å²) < 4.78 is 0. The number of hydrogen-bond acceptors (Lipinski definition) is 3. The van der Waals surface area contributed by atoms with Crippen LogP contribution >= 0.6 is 0 Å². The van der Waals surface area contributed by atoms with Gasteiger partial charge in [0.05, 0.1) is 6.04 Å². The minimum absolute atomic E-state index is 0.0290. The molecule has 0 unspecified atom stereocenters. The minimum Gasteiger partial charge on any atom is -0.233 e. The molecule has 1 atom stereocenters. The largest absolute Gasteiger partial charge is 0.233 e. The summed E-state index contributed by atoms with van der Waals surface area (Å²) in [5.41, 5.74) is 2.49. The summed E-state index contributed by atoms with van der Waals surface area (Å²) in [6.07, 6.45) is 28.8. The molecule has 0 heterocycles. The van der Waals surface area contributed by atoms with E-state index in [0.717, 1.165) is 25.7 Å². The van der Waals surface area contributed by atoms with Crippen molar-refractivity contribution in [3.63, 3.8) is 0 Å². The van der Waals surface area contributed by atoms with E-state index in [1.54, 1.807) is 0 Å². The van der Waals surface area contributed by atoms with Crippen molar-refractivity contribution in [2.24, 2.45) is 0 Å². The predicted molar refractivity (Wildman–Crippen MR) is 100 cm³/mol. The van der Waals surface area contributed by atoms with Gasteiger partial charge in [-0.15, -0.1) is 4.99 Å². The first-order valence-corrected chi connectivity index (χ1v) is 8.69. The van der Waals surface area contributed by atoms with Gasteiger partial charge in [0.25, 0.3) is 0 Å². The van der Waals surface area contributed by atoms with Crippen LogP contribution in [-0.2, 0) is 4.99 Å². The average molecular weight is 319 g/mol.